The molecule has 0 aliphatic heterocycles. The number of nitrogens with zero attached hydrogens (tertiary/aromatic N) is 2. The van der Waals surface area contributed by atoms with Crippen LogP contribution < -0.4 is 4.90 Å². The molecule has 2 nitrogen and oxygen atoms in total. The van der Waals surface area contributed by atoms with Gasteiger partial charge in [-0.05, 0) is 93.4 Å². The standard InChI is InChI=1S/C49H36N2/c1-49(2)44-23-10-8-21-40(44)41-29-27-38(32-45(41)49)50(36-17-4-3-5-18-36)37-19-12-16-34(30-37)35-26-28-43-42-22-9-11-24-47(42)51(48(43)31-35)46-25-13-15-33-14-6-7-20-39(33)46/h3-32H,1-2H3. The highest BCUT2D eigenvalue weighted by atomic mass is 15.1. The largest absolute Gasteiger partial charge is 0.310 e. The van der Waals surface area contributed by atoms with Crippen molar-refractivity contribution in [2.24, 2.45) is 0 Å². The number of rotatable bonds is 5. The Kier molecular flexibility index (Phi) is 6.56. The Morgan fingerprint density at radius 1 is 0.412 bits per heavy atom. The number of para-hydroxylation sites is 2. The minimum atomic E-state index is -0.0793. The zero-order chi connectivity index (χ0) is 34.1. The molecule has 242 valence electrons. The van der Waals surface area contributed by atoms with Gasteiger partial charge in [-0.25, -0.2) is 0 Å². The maximum atomic E-state index is 2.45. The molecule has 0 amide bonds. The van der Waals surface area contributed by atoms with Crippen LogP contribution >= 0.6 is 0 Å². The van der Waals surface area contributed by atoms with E-state index in [2.05, 4.69) is 205 Å². The summed E-state index contributed by atoms with van der Waals surface area (Å²) < 4.78 is 2.45. The van der Waals surface area contributed by atoms with Gasteiger partial charge in [-0.2, -0.15) is 0 Å². The first-order chi connectivity index (χ1) is 25.1. The van der Waals surface area contributed by atoms with E-state index in [1.54, 1.807) is 0 Å². The van der Waals surface area contributed by atoms with Crippen LogP contribution in [0, 0.1) is 0 Å². The van der Waals surface area contributed by atoms with Crippen LogP contribution in [0.25, 0.3) is 60.5 Å². The lowest BCUT2D eigenvalue weighted by Crippen LogP contribution is -2.16. The Morgan fingerprint density at radius 3 is 1.96 bits per heavy atom. The second-order valence-corrected chi connectivity index (χ2v) is 14.2. The number of hydrogen-bond acceptors (Lipinski definition) is 1. The highest BCUT2D eigenvalue weighted by molar-refractivity contribution is 6.11. The summed E-state index contributed by atoms with van der Waals surface area (Å²) in [6.07, 6.45) is 0. The monoisotopic (exact) mass is 652 g/mol. The van der Waals surface area contributed by atoms with Gasteiger partial charge in [0.1, 0.15) is 0 Å². The fourth-order valence-corrected chi connectivity index (χ4v) is 8.49. The predicted octanol–water partition coefficient (Wildman–Crippen LogP) is 13.4. The van der Waals surface area contributed by atoms with Gasteiger partial charge in [-0.15, -0.1) is 0 Å². The summed E-state index contributed by atoms with van der Waals surface area (Å²) >= 11 is 0. The van der Waals surface area contributed by atoms with Gasteiger partial charge in [-0.3, -0.25) is 0 Å². The minimum Gasteiger partial charge on any atom is -0.310 e. The van der Waals surface area contributed by atoms with E-state index in [1.165, 1.54) is 71.6 Å². The first kappa shape index (κ1) is 29.5. The van der Waals surface area contributed by atoms with Crippen molar-refractivity contribution in [2.45, 2.75) is 19.3 Å². The molecule has 0 bridgehead atoms. The number of hydrogen-bond donors (Lipinski definition) is 0. The predicted molar refractivity (Wildman–Crippen MR) is 216 cm³/mol. The summed E-state index contributed by atoms with van der Waals surface area (Å²) in [6.45, 7) is 4.70. The molecule has 0 fully saturated rings. The minimum absolute atomic E-state index is 0.0793. The van der Waals surface area contributed by atoms with Crippen molar-refractivity contribution in [1.29, 1.82) is 0 Å². The molecule has 0 atom stereocenters. The molecule has 1 aliphatic rings. The van der Waals surface area contributed by atoms with E-state index in [1.807, 2.05) is 0 Å². The van der Waals surface area contributed by atoms with Crippen molar-refractivity contribution in [3.8, 4) is 27.9 Å². The van der Waals surface area contributed by atoms with Gasteiger partial charge >= 0.3 is 0 Å². The van der Waals surface area contributed by atoms with Crippen molar-refractivity contribution >= 4 is 49.6 Å². The Bertz CT molecular complexity index is 2780. The zero-order valence-corrected chi connectivity index (χ0v) is 28.7. The third-order valence-corrected chi connectivity index (χ3v) is 11.0. The molecule has 10 rings (SSSR count). The Morgan fingerprint density at radius 2 is 1.06 bits per heavy atom. The fourth-order valence-electron chi connectivity index (χ4n) is 8.49. The van der Waals surface area contributed by atoms with Crippen LogP contribution in [0.1, 0.15) is 25.0 Å². The average Bonchev–Trinajstić information content (AvgIpc) is 3.63. The van der Waals surface area contributed by atoms with Crippen molar-refractivity contribution in [1.82, 2.24) is 4.57 Å². The summed E-state index contributed by atoms with van der Waals surface area (Å²) in [6, 6.07) is 66.6. The molecule has 51 heavy (non-hydrogen) atoms. The van der Waals surface area contributed by atoms with Crippen LogP contribution in [0.5, 0.6) is 0 Å². The second kappa shape index (κ2) is 11.3. The van der Waals surface area contributed by atoms with Crippen LogP contribution in [0.2, 0.25) is 0 Å². The molecule has 0 unspecified atom stereocenters. The highest BCUT2D eigenvalue weighted by Gasteiger charge is 2.35. The molecule has 0 radical (unpaired) electrons. The van der Waals surface area contributed by atoms with Gasteiger partial charge in [0.2, 0.25) is 0 Å². The molecular weight excluding hydrogens is 617 g/mol. The maximum Gasteiger partial charge on any atom is 0.0547 e. The summed E-state index contributed by atoms with van der Waals surface area (Å²) in [7, 11) is 0. The molecule has 9 aromatic rings. The first-order valence-corrected chi connectivity index (χ1v) is 17.8. The van der Waals surface area contributed by atoms with Gasteiger partial charge < -0.3 is 9.47 Å². The Labute approximate surface area is 298 Å². The Hall–Kier alpha value is -6.38. The SMILES string of the molecule is CC1(C)c2ccccc2-c2ccc(N(c3ccccc3)c3cccc(-c4ccc5c6ccccc6n(-c6cccc7ccccc67)c5c4)c3)cc21. The normalized spacial score (nSPS) is 13.1. The van der Waals surface area contributed by atoms with Crippen molar-refractivity contribution in [2.75, 3.05) is 4.90 Å². The second-order valence-electron chi connectivity index (χ2n) is 14.2. The quantitative estimate of drug-likeness (QED) is 0.180. The van der Waals surface area contributed by atoms with Crippen LogP contribution in [0.4, 0.5) is 17.1 Å². The lowest BCUT2D eigenvalue weighted by molar-refractivity contribution is 0.660. The number of benzene rings is 8. The fraction of sp³-hybridized carbons (Fsp3) is 0.0612. The lowest BCUT2D eigenvalue weighted by atomic mass is 9.82. The summed E-state index contributed by atoms with van der Waals surface area (Å²) in [4.78, 5) is 2.40. The van der Waals surface area contributed by atoms with Gasteiger partial charge in [0.05, 0.1) is 16.7 Å². The molecule has 2 heteroatoms. The maximum absolute atomic E-state index is 2.45. The lowest BCUT2D eigenvalue weighted by Gasteiger charge is -2.28. The molecule has 1 aromatic heterocycles. The van der Waals surface area contributed by atoms with E-state index in [4.69, 9.17) is 0 Å². The molecule has 0 N–H and O–H groups in total. The molecule has 0 saturated carbocycles. The Balaban J connectivity index is 1.14. The van der Waals surface area contributed by atoms with Gasteiger partial charge in [0, 0.05) is 38.6 Å². The average molecular weight is 653 g/mol. The molecule has 8 aromatic carbocycles. The van der Waals surface area contributed by atoms with E-state index >= 15 is 0 Å². The van der Waals surface area contributed by atoms with E-state index in [0.717, 1.165) is 17.1 Å². The van der Waals surface area contributed by atoms with Crippen molar-refractivity contribution in [3.05, 3.63) is 193 Å². The molecular formula is C49H36N2. The zero-order valence-electron chi connectivity index (χ0n) is 28.7. The highest BCUT2D eigenvalue weighted by Crippen LogP contribution is 2.50. The van der Waals surface area contributed by atoms with E-state index in [0.29, 0.717) is 0 Å². The van der Waals surface area contributed by atoms with E-state index in [-0.39, 0.29) is 5.41 Å². The van der Waals surface area contributed by atoms with E-state index < -0.39 is 0 Å². The van der Waals surface area contributed by atoms with Crippen LogP contribution in [0.15, 0.2) is 182 Å². The number of fused-ring (bicyclic) bond motifs is 7. The summed E-state index contributed by atoms with van der Waals surface area (Å²) in [5.41, 5.74) is 14.7. The van der Waals surface area contributed by atoms with Crippen molar-refractivity contribution in [3.63, 3.8) is 0 Å². The van der Waals surface area contributed by atoms with Gasteiger partial charge in [-0.1, -0.05) is 141 Å². The third kappa shape index (κ3) is 4.57. The number of aromatic nitrogens is 1. The summed E-state index contributed by atoms with van der Waals surface area (Å²) in [5, 5.41) is 5.00. The first-order valence-electron chi connectivity index (χ1n) is 17.8. The summed E-state index contributed by atoms with van der Waals surface area (Å²) in [5.74, 6) is 0. The van der Waals surface area contributed by atoms with E-state index in [9.17, 15) is 0 Å². The number of anilines is 3. The smallest absolute Gasteiger partial charge is 0.0547 e. The van der Waals surface area contributed by atoms with Crippen LogP contribution in [-0.2, 0) is 5.41 Å². The molecule has 1 heterocycles. The van der Waals surface area contributed by atoms with Crippen LogP contribution in [-0.4, -0.2) is 4.57 Å². The molecule has 1 aliphatic carbocycles. The van der Waals surface area contributed by atoms with Crippen molar-refractivity contribution < 1.29 is 0 Å². The van der Waals surface area contributed by atoms with Gasteiger partial charge in [0.15, 0.2) is 0 Å². The molecule has 0 spiro atoms. The third-order valence-electron chi connectivity index (χ3n) is 11.0. The molecule has 0 saturated heterocycles. The topological polar surface area (TPSA) is 8.17 Å². The van der Waals surface area contributed by atoms with Crippen LogP contribution in [0.3, 0.4) is 0 Å². The van der Waals surface area contributed by atoms with Gasteiger partial charge in [0.25, 0.3) is 0 Å².